The van der Waals surface area contributed by atoms with Crippen LogP contribution in [0.15, 0.2) is 18.2 Å². The Labute approximate surface area is 107 Å². The van der Waals surface area contributed by atoms with Crippen molar-refractivity contribution >= 4 is 0 Å². The van der Waals surface area contributed by atoms with E-state index >= 15 is 0 Å². The number of rotatable bonds is 1. The smallest absolute Gasteiger partial charge is 0.385 e. The number of alkyl halides is 3. The maximum absolute atomic E-state index is 13.6. The quantitative estimate of drug-likeness (QED) is 0.773. The predicted octanol–water partition coefficient (Wildman–Crippen LogP) is 3.90. The van der Waals surface area contributed by atoms with Crippen molar-refractivity contribution in [2.75, 3.05) is 0 Å². The average Bonchev–Trinajstić information content (AvgIpc) is 2.27. The van der Waals surface area contributed by atoms with Crippen molar-refractivity contribution in [2.24, 2.45) is 5.92 Å². The SMILES string of the molecule is OC1(c2ccc(F)cc2F)CCC(C(F)(F)F)CC1. The molecule has 1 fully saturated rings. The van der Waals surface area contributed by atoms with Gasteiger partial charge in [0, 0.05) is 11.6 Å². The van der Waals surface area contributed by atoms with Gasteiger partial charge >= 0.3 is 6.18 Å². The zero-order valence-corrected chi connectivity index (χ0v) is 9.97. The first-order valence-electron chi connectivity index (χ1n) is 5.97. The van der Waals surface area contributed by atoms with Crippen LogP contribution < -0.4 is 0 Å². The minimum Gasteiger partial charge on any atom is -0.385 e. The first kappa shape index (κ1) is 14.2. The van der Waals surface area contributed by atoms with Gasteiger partial charge in [0.15, 0.2) is 0 Å². The van der Waals surface area contributed by atoms with Gasteiger partial charge in [-0.25, -0.2) is 8.78 Å². The molecule has 1 aliphatic carbocycles. The van der Waals surface area contributed by atoms with Gasteiger partial charge in [-0.1, -0.05) is 6.07 Å². The van der Waals surface area contributed by atoms with E-state index in [2.05, 4.69) is 0 Å². The summed E-state index contributed by atoms with van der Waals surface area (Å²) in [5.74, 6) is -3.17. The van der Waals surface area contributed by atoms with Gasteiger partial charge in [0.25, 0.3) is 0 Å². The van der Waals surface area contributed by atoms with E-state index in [-0.39, 0.29) is 31.2 Å². The van der Waals surface area contributed by atoms with Crippen molar-refractivity contribution in [3.8, 4) is 0 Å². The maximum atomic E-state index is 13.6. The van der Waals surface area contributed by atoms with Crippen LogP contribution in [0.3, 0.4) is 0 Å². The molecule has 0 spiro atoms. The Balaban J connectivity index is 2.18. The van der Waals surface area contributed by atoms with Crippen LogP contribution in [0.5, 0.6) is 0 Å². The van der Waals surface area contributed by atoms with Gasteiger partial charge in [0.2, 0.25) is 0 Å². The first-order chi connectivity index (χ1) is 8.72. The fraction of sp³-hybridized carbons (Fsp3) is 0.538. The van der Waals surface area contributed by atoms with Gasteiger partial charge in [-0.2, -0.15) is 13.2 Å². The maximum Gasteiger partial charge on any atom is 0.391 e. The summed E-state index contributed by atoms with van der Waals surface area (Å²) in [7, 11) is 0. The normalized spacial score (nSPS) is 28.4. The van der Waals surface area contributed by atoms with Gasteiger partial charge < -0.3 is 5.11 Å². The lowest BCUT2D eigenvalue weighted by molar-refractivity contribution is -0.193. The zero-order chi connectivity index (χ0) is 14.3. The molecule has 1 aliphatic rings. The highest BCUT2D eigenvalue weighted by atomic mass is 19.4. The summed E-state index contributed by atoms with van der Waals surface area (Å²) < 4.78 is 63.9. The predicted molar refractivity (Wildman–Crippen MR) is 58.3 cm³/mol. The molecule has 106 valence electrons. The van der Waals surface area contributed by atoms with Crippen LogP contribution in [0.2, 0.25) is 0 Å². The Morgan fingerprint density at radius 1 is 1.11 bits per heavy atom. The van der Waals surface area contributed by atoms with E-state index < -0.39 is 29.3 Å². The molecule has 0 saturated heterocycles. The van der Waals surface area contributed by atoms with E-state index in [4.69, 9.17) is 0 Å². The van der Waals surface area contributed by atoms with Crippen molar-refractivity contribution in [3.05, 3.63) is 35.4 Å². The van der Waals surface area contributed by atoms with Crippen molar-refractivity contribution in [1.29, 1.82) is 0 Å². The molecule has 0 aliphatic heterocycles. The lowest BCUT2D eigenvalue weighted by atomic mass is 9.75. The molecule has 0 bridgehead atoms. The molecule has 0 atom stereocenters. The highest BCUT2D eigenvalue weighted by molar-refractivity contribution is 5.25. The summed E-state index contributed by atoms with van der Waals surface area (Å²) in [5, 5.41) is 10.3. The summed E-state index contributed by atoms with van der Waals surface area (Å²) in [6, 6.07) is 2.72. The summed E-state index contributed by atoms with van der Waals surface area (Å²) in [6.07, 6.45) is -5.16. The topological polar surface area (TPSA) is 20.2 Å². The Bertz CT molecular complexity index is 461. The van der Waals surface area contributed by atoms with Crippen LogP contribution in [0.1, 0.15) is 31.2 Å². The van der Waals surface area contributed by atoms with Crippen molar-refractivity contribution in [3.63, 3.8) is 0 Å². The van der Waals surface area contributed by atoms with Gasteiger partial charge in [-0.05, 0) is 31.7 Å². The highest BCUT2D eigenvalue weighted by Crippen LogP contribution is 2.45. The van der Waals surface area contributed by atoms with Gasteiger partial charge in [-0.15, -0.1) is 0 Å². The molecule has 0 radical (unpaired) electrons. The van der Waals surface area contributed by atoms with Crippen molar-refractivity contribution in [1.82, 2.24) is 0 Å². The number of halogens is 5. The summed E-state index contributed by atoms with van der Waals surface area (Å²) in [6.45, 7) is 0. The molecule has 1 saturated carbocycles. The zero-order valence-electron chi connectivity index (χ0n) is 9.97. The van der Waals surface area contributed by atoms with E-state index in [1.165, 1.54) is 0 Å². The molecular formula is C13H13F5O. The van der Waals surface area contributed by atoms with Crippen LogP contribution in [0, 0.1) is 17.6 Å². The highest BCUT2D eigenvalue weighted by Gasteiger charge is 2.46. The third-order valence-electron chi connectivity index (χ3n) is 3.71. The molecule has 19 heavy (non-hydrogen) atoms. The van der Waals surface area contributed by atoms with E-state index in [1.54, 1.807) is 0 Å². The molecule has 1 nitrogen and oxygen atoms in total. The van der Waals surface area contributed by atoms with Crippen LogP contribution >= 0.6 is 0 Å². The minimum atomic E-state index is -4.29. The summed E-state index contributed by atoms with van der Waals surface area (Å²) in [5.41, 5.74) is -1.77. The van der Waals surface area contributed by atoms with Crippen LogP contribution in [0.4, 0.5) is 22.0 Å². The van der Waals surface area contributed by atoms with Crippen LogP contribution in [-0.4, -0.2) is 11.3 Å². The lowest BCUT2D eigenvalue weighted by Gasteiger charge is -2.37. The largest absolute Gasteiger partial charge is 0.391 e. The fourth-order valence-corrected chi connectivity index (χ4v) is 2.56. The first-order valence-corrected chi connectivity index (χ1v) is 5.97. The standard InChI is InChI=1S/C13H13F5O/c14-9-1-2-10(11(15)7-9)12(19)5-3-8(4-6-12)13(16,17)18/h1-2,7-8,19H,3-6H2. The van der Waals surface area contributed by atoms with E-state index in [1.807, 2.05) is 0 Å². The molecule has 1 aromatic carbocycles. The number of hydrogen-bond donors (Lipinski definition) is 1. The van der Waals surface area contributed by atoms with Crippen molar-refractivity contribution < 1.29 is 27.1 Å². The molecule has 0 aromatic heterocycles. The Morgan fingerprint density at radius 3 is 2.16 bits per heavy atom. The summed E-state index contributed by atoms with van der Waals surface area (Å²) in [4.78, 5) is 0. The molecule has 1 N–H and O–H groups in total. The number of aliphatic hydroxyl groups is 1. The monoisotopic (exact) mass is 280 g/mol. The molecule has 2 rings (SSSR count). The molecule has 0 unspecified atom stereocenters. The summed E-state index contributed by atoms with van der Waals surface area (Å²) >= 11 is 0. The van der Waals surface area contributed by atoms with E-state index in [9.17, 15) is 27.1 Å². The van der Waals surface area contributed by atoms with Gasteiger partial charge in [0.05, 0.1) is 11.5 Å². The second kappa shape index (κ2) is 4.74. The van der Waals surface area contributed by atoms with Crippen molar-refractivity contribution in [2.45, 2.75) is 37.5 Å². The van der Waals surface area contributed by atoms with Crippen LogP contribution in [-0.2, 0) is 5.60 Å². The van der Waals surface area contributed by atoms with Crippen LogP contribution in [0.25, 0.3) is 0 Å². The Hall–Kier alpha value is -1.17. The lowest BCUT2D eigenvalue weighted by Crippen LogP contribution is -2.37. The second-order valence-electron chi connectivity index (χ2n) is 4.97. The average molecular weight is 280 g/mol. The van der Waals surface area contributed by atoms with Gasteiger partial charge in [-0.3, -0.25) is 0 Å². The minimum absolute atomic E-state index is 0.130. The fourth-order valence-electron chi connectivity index (χ4n) is 2.56. The number of benzene rings is 1. The Morgan fingerprint density at radius 2 is 1.68 bits per heavy atom. The third-order valence-corrected chi connectivity index (χ3v) is 3.71. The Kier molecular flexibility index (Phi) is 3.55. The molecule has 0 heterocycles. The molecule has 0 amide bonds. The third kappa shape index (κ3) is 2.88. The number of hydrogen-bond acceptors (Lipinski definition) is 1. The van der Waals surface area contributed by atoms with Gasteiger partial charge in [0.1, 0.15) is 11.6 Å². The molecule has 6 heteroatoms. The second-order valence-corrected chi connectivity index (χ2v) is 4.97. The molecular weight excluding hydrogens is 267 g/mol. The van der Waals surface area contributed by atoms with E-state index in [0.717, 1.165) is 12.1 Å². The molecule has 1 aromatic rings. The van der Waals surface area contributed by atoms with E-state index in [0.29, 0.717) is 6.07 Å².